The van der Waals surface area contributed by atoms with Crippen LogP contribution in [0, 0.1) is 5.92 Å². The zero-order valence-corrected chi connectivity index (χ0v) is 12.3. The van der Waals surface area contributed by atoms with E-state index in [9.17, 15) is 9.59 Å². The summed E-state index contributed by atoms with van der Waals surface area (Å²) in [5.41, 5.74) is 1.55. The molecule has 106 valence electrons. The summed E-state index contributed by atoms with van der Waals surface area (Å²) in [6.07, 6.45) is 1.83. The molecule has 0 spiro atoms. The molecule has 20 heavy (non-hydrogen) atoms. The highest BCUT2D eigenvalue weighted by Gasteiger charge is 2.37. The molecule has 0 aliphatic carbocycles. The summed E-state index contributed by atoms with van der Waals surface area (Å²) >= 11 is 1.90. The monoisotopic (exact) mass is 290 g/mol. The number of benzene rings is 1. The van der Waals surface area contributed by atoms with Gasteiger partial charge in [-0.15, -0.1) is 0 Å². The number of carbonyl (C=O) groups excluding carboxylic acids is 2. The molecule has 5 heteroatoms. The van der Waals surface area contributed by atoms with E-state index in [2.05, 4.69) is 5.32 Å². The summed E-state index contributed by atoms with van der Waals surface area (Å²) in [7, 11) is 0. The first-order chi connectivity index (χ1) is 9.68. The summed E-state index contributed by atoms with van der Waals surface area (Å²) in [6, 6.07) is 7.08. The lowest BCUT2D eigenvalue weighted by molar-refractivity contribution is -0.126. The highest BCUT2D eigenvalue weighted by molar-refractivity contribution is 7.99. The van der Waals surface area contributed by atoms with Gasteiger partial charge in [0.1, 0.15) is 6.04 Å². The topological polar surface area (TPSA) is 49.4 Å². The Hall–Kier alpha value is -1.49. The van der Waals surface area contributed by atoms with Crippen molar-refractivity contribution in [1.82, 2.24) is 0 Å². The molecule has 1 aromatic rings. The molecule has 0 bridgehead atoms. The van der Waals surface area contributed by atoms with Crippen LogP contribution >= 0.6 is 11.8 Å². The first-order valence-electron chi connectivity index (χ1n) is 6.99. The molecule has 1 unspecified atom stereocenters. The minimum atomic E-state index is -0.438. The summed E-state index contributed by atoms with van der Waals surface area (Å²) in [6.45, 7) is 1.79. The van der Waals surface area contributed by atoms with E-state index >= 15 is 0 Å². The van der Waals surface area contributed by atoms with Gasteiger partial charge in [-0.05, 0) is 43.4 Å². The lowest BCUT2D eigenvalue weighted by atomic mass is 9.98. The third-order valence-corrected chi connectivity index (χ3v) is 5.04. The second-order valence-corrected chi connectivity index (χ2v) is 6.50. The van der Waals surface area contributed by atoms with Gasteiger partial charge in [0.15, 0.2) is 0 Å². The second kappa shape index (κ2) is 5.48. The first kappa shape index (κ1) is 13.5. The molecule has 0 radical (unpaired) electrons. The van der Waals surface area contributed by atoms with Crippen LogP contribution in [0.4, 0.5) is 11.4 Å². The molecule has 2 heterocycles. The standard InChI is InChI=1S/C15H18N2O2S/c1-10-14(18)16-12-4-2-3-5-13(12)17(10)15(19)11-6-8-20-9-7-11/h2-5,10-11H,6-9H2,1H3,(H,16,18). The molecule has 0 aromatic heterocycles. The van der Waals surface area contributed by atoms with Gasteiger partial charge in [0, 0.05) is 5.92 Å². The Kier molecular flexibility index (Phi) is 3.70. The highest BCUT2D eigenvalue weighted by atomic mass is 32.2. The third kappa shape index (κ3) is 2.30. The van der Waals surface area contributed by atoms with Crippen molar-refractivity contribution in [2.24, 2.45) is 5.92 Å². The van der Waals surface area contributed by atoms with Gasteiger partial charge in [0.2, 0.25) is 11.8 Å². The zero-order valence-electron chi connectivity index (χ0n) is 11.5. The Morgan fingerprint density at radius 2 is 2.00 bits per heavy atom. The molecular formula is C15H18N2O2S. The number of fused-ring (bicyclic) bond motifs is 1. The number of thioether (sulfide) groups is 1. The second-order valence-electron chi connectivity index (χ2n) is 5.28. The van der Waals surface area contributed by atoms with Gasteiger partial charge < -0.3 is 5.32 Å². The SMILES string of the molecule is CC1C(=O)Nc2ccccc2N1C(=O)C1CCSCC1. The number of hydrogen-bond donors (Lipinski definition) is 1. The zero-order chi connectivity index (χ0) is 14.1. The fourth-order valence-electron chi connectivity index (χ4n) is 2.80. The number of nitrogens with zero attached hydrogens (tertiary/aromatic N) is 1. The van der Waals surface area contributed by atoms with Crippen molar-refractivity contribution in [3.63, 3.8) is 0 Å². The predicted octanol–water partition coefficient (Wildman–Crippen LogP) is 2.50. The van der Waals surface area contributed by atoms with Gasteiger partial charge >= 0.3 is 0 Å². The lowest BCUT2D eigenvalue weighted by Crippen LogP contribution is -2.51. The average molecular weight is 290 g/mol. The van der Waals surface area contributed by atoms with E-state index in [-0.39, 0.29) is 17.7 Å². The number of hydrogen-bond acceptors (Lipinski definition) is 3. The highest BCUT2D eigenvalue weighted by Crippen LogP contribution is 2.35. The normalized spacial score (nSPS) is 23.1. The van der Waals surface area contributed by atoms with Crippen LogP contribution in [0.3, 0.4) is 0 Å². The van der Waals surface area contributed by atoms with E-state index in [0.29, 0.717) is 0 Å². The smallest absolute Gasteiger partial charge is 0.247 e. The Balaban J connectivity index is 1.94. The van der Waals surface area contributed by atoms with Crippen LogP contribution in [-0.4, -0.2) is 29.4 Å². The summed E-state index contributed by atoms with van der Waals surface area (Å²) < 4.78 is 0. The minimum absolute atomic E-state index is 0.0534. The molecule has 1 atom stereocenters. The molecule has 1 N–H and O–H groups in total. The molecule has 1 aromatic carbocycles. The van der Waals surface area contributed by atoms with Crippen molar-refractivity contribution in [1.29, 1.82) is 0 Å². The van der Waals surface area contributed by atoms with E-state index < -0.39 is 6.04 Å². The molecule has 3 rings (SSSR count). The van der Waals surface area contributed by atoms with Crippen LogP contribution in [-0.2, 0) is 9.59 Å². The maximum Gasteiger partial charge on any atom is 0.247 e. The fraction of sp³-hybridized carbons (Fsp3) is 0.467. The summed E-state index contributed by atoms with van der Waals surface area (Å²) in [5.74, 6) is 2.11. The van der Waals surface area contributed by atoms with E-state index in [4.69, 9.17) is 0 Å². The van der Waals surface area contributed by atoms with Gasteiger partial charge in [-0.1, -0.05) is 12.1 Å². The van der Waals surface area contributed by atoms with Gasteiger partial charge in [-0.25, -0.2) is 0 Å². The molecule has 4 nitrogen and oxygen atoms in total. The van der Waals surface area contributed by atoms with E-state index in [1.807, 2.05) is 36.0 Å². The Bertz CT molecular complexity index is 540. The van der Waals surface area contributed by atoms with Crippen LogP contribution in [0.5, 0.6) is 0 Å². The van der Waals surface area contributed by atoms with Gasteiger partial charge in [-0.2, -0.15) is 11.8 Å². The maximum absolute atomic E-state index is 12.8. The molecule has 1 saturated heterocycles. The Labute approximate surface area is 122 Å². The minimum Gasteiger partial charge on any atom is -0.322 e. The van der Waals surface area contributed by atoms with Crippen LogP contribution in [0.2, 0.25) is 0 Å². The van der Waals surface area contributed by atoms with Crippen LogP contribution < -0.4 is 10.2 Å². The van der Waals surface area contributed by atoms with Gasteiger partial charge in [0.05, 0.1) is 11.4 Å². The number of amides is 2. The number of para-hydroxylation sites is 2. The molecule has 2 aliphatic rings. The van der Waals surface area contributed by atoms with Crippen molar-refractivity contribution < 1.29 is 9.59 Å². The van der Waals surface area contributed by atoms with Crippen molar-refractivity contribution in [2.75, 3.05) is 21.7 Å². The van der Waals surface area contributed by atoms with E-state index in [1.165, 1.54) is 0 Å². The molecule has 2 amide bonds. The largest absolute Gasteiger partial charge is 0.322 e. The Morgan fingerprint density at radius 1 is 1.30 bits per heavy atom. The number of carbonyl (C=O) groups is 2. The first-order valence-corrected chi connectivity index (χ1v) is 8.14. The van der Waals surface area contributed by atoms with Crippen LogP contribution in [0.15, 0.2) is 24.3 Å². The van der Waals surface area contributed by atoms with Crippen molar-refractivity contribution in [3.8, 4) is 0 Å². The number of anilines is 2. The summed E-state index contributed by atoms with van der Waals surface area (Å²) in [5, 5.41) is 2.86. The molecular weight excluding hydrogens is 272 g/mol. The number of rotatable bonds is 1. The van der Waals surface area contributed by atoms with Crippen LogP contribution in [0.1, 0.15) is 19.8 Å². The maximum atomic E-state index is 12.8. The quantitative estimate of drug-likeness (QED) is 0.864. The van der Waals surface area contributed by atoms with Crippen molar-refractivity contribution in [3.05, 3.63) is 24.3 Å². The third-order valence-electron chi connectivity index (χ3n) is 4.00. The van der Waals surface area contributed by atoms with E-state index in [1.54, 1.807) is 11.8 Å². The molecule has 0 saturated carbocycles. The fourth-order valence-corrected chi connectivity index (χ4v) is 3.91. The van der Waals surface area contributed by atoms with Crippen molar-refractivity contribution >= 4 is 35.0 Å². The number of nitrogens with one attached hydrogen (secondary N) is 1. The molecule has 1 fully saturated rings. The van der Waals surface area contributed by atoms with E-state index in [0.717, 1.165) is 35.7 Å². The average Bonchev–Trinajstić information content (AvgIpc) is 2.49. The molecule has 2 aliphatic heterocycles. The lowest BCUT2D eigenvalue weighted by Gasteiger charge is -2.37. The van der Waals surface area contributed by atoms with Crippen molar-refractivity contribution in [2.45, 2.75) is 25.8 Å². The Morgan fingerprint density at radius 3 is 2.75 bits per heavy atom. The van der Waals surface area contributed by atoms with Gasteiger partial charge in [0.25, 0.3) is 0 Å². The predicted molar refractivity (Wildman–Crippen MR) is 82.1 cm³/mol. The summed E-state index contributed by atoms with van der Waals surface area (Å²) in [4.78, 5) is 26.5. The van der Waals surface area contributed by atoms with Gasteiger partial charge in [-0.3, -0.25) is 14.5 Å². The van der Waals surface area contributed by atoms with Crippen LogP contribution in [0.25, 0.3) is 0 Å².